The van der Waals surface area contributed by atoms with E-state index in [0.717, 1.165) is 5.56 Å². The molecule has 0 spiro atoms. The molecular weight excluding hydrogens is 322 g/mol. The average Bonchev–Trinajstić information content (AvgIpc) is 3.20. The van der Waals surface area contributed by atoms with Gasteiger partial charge in [0.1, 0.15) is 6.61 Å². The maximum atomic E-state index is 12.0. The molecule has 0 bridgehead atoms. The quantitative estimate of drug-likeness (QED) is 0.641. The van der Waals surface area contributed by atoms with Crippen molar-refractivity contribution in [3.63, 3.8) is 0 Å². The standard InChI is InChI=1S/C18H15N3O4/c22-17(24-12-14-6-2-1-3-7-14)13-25-18(23)15-8-4-9-16(20-15)21-11-5-10-19-21/h1-11H,12-13H2. The summed E-state index contributed by atoms with van der Waals surface area (Å²) in [5.41, 5.74) is 0.944. The van der Waals surface area contributed by atoms with Crippen molar-refractivity contribution in [1.29, 1.82) is 0 Å². The fourth-order valence-electron chi connectivity index (χ4n) is 2.05. The molecule has 0 N–H and O–H groups in total. The van der Waals surface area contributed by atoms with Crippen LogP contribution in [0, 0.1) is 0 Å². The predicted molar refractivity (Wildman–Crippen MR) is 87.9 cm³/mol. The lowest BCUT2D eigenvalue weighted by Gasteiger charge is -2.07. The topological polar surface area (TPSA) is 83.3 Å². The number of hydrogen-bond acceptors (Lipinski definition) is 6. The third kappa shape index (κ3) is 4.51. The van der Waals surface area contributed by atoms with Gasteiger partial charge in [0.05, 0.1) is 0 Å². The third-order valence-corrected chi connectivity index (χ3v) is 3.25. The molecule has 7 heteroatoms. The third-order valence-electron chi connectivity index (χ3n) is 3.25. The molecule has 0 unspecified atom stereocenters. The van der Waals surface area contributed by atoms with Crippen molar-refractivity contribution in [3.8, 4) is 5.82 Å². The van der Waals surface area contributed by atoms with Crippen molar-refractivity contribution >= 4 is 11.9 Å². The van der Waals surface area contributed by atoms with Gasteiger partial charge in [0, 0.05) is 12.4 Å². The summed E-state index contributed by atoms with van der Waals surface area (Å²) in [6.45, 7) is -0.344. The SMILES string of the molecule is O=C(COC(=O)c1cccc(-n2cccn2)n1)OCc1ccccc1. The minimum atomic E-state index is -0.703. The van der Waals surface area contributed by atoms with Gasteiger partial charge in [-0.2, -0.15) is 5.10 Å². The normalized spacial score (nSPS) is 10.2. The number of rotatable bonds is 6. The Bertz CT molecular complexity index is 848. The highest BCUT2D eigenvalue weighted by Crippen LogP contribution is 2.06. The molecule has 0 aliphatic heterocycles. The van der Waals surface area contributed by atoms with E-state index in [1.54, 1.807) is 30.6 Å². The summed E-state index contributed by atoms with van der Waals surface area (Å²) in [5, 5.41) is 4.04. The van der Waals surface area contributed by atoms with Crippen molar-refractivity contribution in [2.45, 2.75) is 6.61 Å². The monoisotopic (exact) mass is 337 g/mol. The lowest BCUT2D eigenvalue weighted by molar-refractivity contribution is -0.148. The smallest absolute Gasteiger partial charge is 0.357 e. The zero-order valence-electron chi connectivity index (χ0n) is 13.2. The van der Waals surface area contributed by atoms with Crippen LogP contribution in [0.25, 0.3) is 5.82 Å². The predicted octanol–water partition coefficient (Wildman–Crippen LogP) is 2.17. The number of aromatic nitrogens is 3. The van der Waals surface area contributed by atoms with E-state index in [1.807, 2.05) is 30.3 Å². The van der Waals surface area contributed by atoms with E-state index < -0.39 is 18.5 Å². The molecule has 0 radical (unpaired) electrons. The number of esters is 2. The summed E-state index contributed by atoms with van der Waals surface area (Å²) >= 11 is 0. The summed E-state index contributed by atoms with van der Waals surface area (Å²) in [6.07, 6.45) is 3.31. The van der Waals surface area contributed by atoms with E-state index >= 15 is 0 Å². The largest absolute Gasteiger partial charge is 0.458 e. The second-order valence-electron chi connectivity index (χ2n) is 5.05. The van der Waals surface area contributed by atoms with E-state index in [9.17, 15) is 9.59 Å². The highest BCUT2D eigenvalue weighted by Gasteiger charge is 2.13. The Morgan fingerprint density at radius 2 is 1.80 bits per heavy atom. The van der Waals surface area contributed by atoms with Crippen LogP contribution in [-0.4, -0.2) is 33.3 Å². The van der Waals surface area contributed by atoms with Gasteiger partial charge in [-0.3, -0.25) is 0 Å². The highest BCUT2D eigenvalue weighted by atomic mass is 16.6. The van der Waals surface area contributed by atoms with E-state index in [4.69, 9.17) is 9.47 Å². The zero-order valence-corrected chi connectivity index (χ0v) is 13.2. The highest BCUT2D eigenvalue weighted by molar-refractivity contribution is 5.89. The number of carbonyl (C=O) groups excluding carboxylic acids is 2. The molecule has 7 nitrogen and oxygen atoms in total. The molecule has 25 heavy (non-hydrogen) atoms. The molecule has 0 saturated heterocycles. The van der Waals surface area contributed by atoms with Gasteiger partial charge in [0.15, 0.2) is 18.1 Å². The van der Waals surface area contributed by atoms with E-state index in [1.165, 1.54) is 10.7 Å². The van der Waals surface area contributed by atoms with Gasteiger partial charge in [-0.25, -0.2) is 19.3 Å². The molecule has 0 aliphatic carbocycles. The van der Waals surface area contributed by atoms with Gasteiger partial charge in [-0.15, -0.1) is 0 Å². The van der Waals surface area contributed by atoms with Crippen LogP contribution in [0.5, 0.6) is 0 Å². The summed E-state index contributed by atoms with van der Waals surface area (Å²) in [5.74, 6) is -0.850. The summed E-state index contributed by atoms with van der Waals surface area (Å²) in [6, 6.07) is 15.9. The van der Waals surface area contributed by atoms with Crippen molar-refractivity contribution < 1.29 is 19.1 Å². The number of pyridine rings is 1. The Morgan fingerprint density at radius 1 is 0.960 bits per heavy atom. The van der Waals surface area contributed by atoms with E-state index in [0.29, 0.717) is 5.82 Å². The average molecular weight is 337 g/mol. The molecule has 2 heterocycles. The summed E-state index contributed by atoms with van der Waals surface area (Å²) in [7, 11) is 0. The number of hydrogen-bond donors (Lipinski definition) is 0. The van der Waals surface area contributed by atoms with Crippen molar-refractivity contribution in [3.05, 3.63) is 78.2 Å². The van der Waals surface area contributed by atoms with Crippen LogP contribution in [0.2, 0.25) is 0 Å². The van der Waals surface area contributed by atoms with Crippen LogP contribution in [0.15, 0.2) is 67.0 Å². The van der Waals surface area contributed by atoms with E-state index in [2.05, 4.69) is 10.1 Å². The van der Waals surface area contributed by atoms with Gasteiger partial charge in [-0.1, -0.05) is 36.4 Å². The van der Waals surface area contributed by atoms with Crippen molar-refractivity contribution in [1.82, 2.24) is 14.8 Å². The first-order valence-corrected chi connectivity index (χ1v) is 7.56. The summed E-state index contributed by atoms with van der Waals surface area (Å²) in [4.78, 5) is 27.9. The van der Waals surface area contributed by atoms with Crippen LogP contribution in [0.3, 0.4) is 0 Å². The molecule has 2 aromatic heterocycles. The number of ether oxygens (including phenoxy) is 2. The first-order valence-electron chi connectivity index (χ1n) is 7.56. The van der Waals surface area contributed by atoms with Crippen LogP contribution >= 0.6 is 0 Å². The molecule has 0 saturated carbocycles. The summed E-state index contributed by atoms with van der Waals surface area (Å²) < 4.78 is 11.5. The molecule has 3 rings (SSSR count). The molecule has 0 amide bonds. The molecule has 3 aromatic rings. The zero-order chi connectivity index (χ0) is 17.5. The molecular formula is C18H15N3O4. The van der Waals surface area contributed by atoms with Crippen LogP contribution in [-0.2, 0) is 20.9 Å². The fourth-order valence-corrected chi connectivity index (χ4v) is 2.05. The maximum Gasteiger partial charge on any atom is 0.357 e. The Labute approximate surface area is 143 Å². The number of carbonyl (C=O) groups is 2. The lowest BCUT2D eigenvalue weighted by Crippen LogP contribution is -2.17. The first kappa shape index (κ1) is 16.4. The molecule has 0 atom stereocenters. The Balaban J connectivity index is 1.52. The Morgan fingerprint density at radius 3 is 2.56 bits per heavy atom. The van der Waals surface area contributed by atoms with Crippen LogP contribution in [0.4, 0.5) is 0 Å². The van der Waals surface area contributed by atoms with Crippen molar-refractivity contribution in [2.75, 3.05) is 6.61 Å². The van der Waals surface area contributed by atoms with Gasteiger partial charge in [-0.05, 0) is 23.8 Å². The molecule has 0 aliphatic rings. The van der Waals surface area contributed by atoms with Gasteiger partial charge in [0.25, 0.3) is 0 Å². The second-order valence-corrected chi connectivity index (χ2v) is 5.05. The Kier molecular flexibility index (Phi) is 5.16. The molecule has 0 fully saturated rings. The van der Waals surface area contributed by atoms with Crippen LogP contribution < -0.4 is 0 Å². The van der Waals surface area contributed by atoms with Crippen LogP contribution in [0.1, 0.15) is 16.1 Å². The number of benzene rings is 1. The van der Waals surface area contributed by atoms with E-state index in [-0.39, 0.29) is 12.3 Å². The van der Waals surface area contributed by atoms with Crippen molar-refractivity contribution in [2.24, 2.45) is 0 Å². The van der Waals surface area contributed by atoms with Gasteiger partial charge >= 0.3 is 11.9 Å². The number of nitrogens with zero attached hydrogens (tertiary/aromatic N) is 3. The minimum Gasteiger partial charge on any atom is -0.458 e. The Hall–Kier alpha value is -3.48. The molecule has 126 valence electrons. The van der Waals surface area contributed by atoms with Gasteiger partial charge in [0.2, 0.25) is 0 Å². The maximum absolute atomic E-state index is 12.0. The first-order chi connectivity index (χ1) is 12.2. The fraction of sp³-hybridized carbons (Fsp3) is 0.111. The second kappa shape index (κ2) is 7.87. The molecule has 1 aromatic carbocycles. The van der Waals surface area contributed by atoms with Gasteiger partial charge < -0.3 is 9.47 Å². The lowest BCUT2D eigenvalue weighted by atomic mass is 10.2. The minimum absolute atomic E-state index is 0.0869.